The second-order valence-electron chi connectivity index (χ2n) is 6.88. The third kappa shape index (κ3) is 3.47. The van der Waals surface area contributed by atoms with Crippen LogP contribution in [0.2, 0.25) is 0 Å². The molecule has 0 saturated heterocycles. The van der Waals surface area contributed by atoms with Crippen LogP contribution in [-0.2, 0) is 29.0 Å². The number of hydrogen-bond donors (Lipinski definition) is 1. The van der Waals surface area contributed by atoms with Gasteiger partial charge in [0.05, 0.1) is 17.6 Å². The summed E-state index contributed by atoms with van der Waals surface area (Å²) in [5, 5.41) is 9.98. The van der Waals surface area contributed by atoms with Crippen molar-refractivity contribution in [3.63, 3.8) is 0 Å². The van der Waals surface area contributed by atoms with Gasteiger partial charge in [0.1, 0.15) is 38.1 Å². The Labute approximate surface area is 184 Å². The standard InChI is InChI=1S/C20H18N4O5S2/c1-3-28-20(27)15-11(10(7-21)16(22)30-15)8-29-19(26)14-9(2)13-17(31-14)23-12-5-4-6-24(12)18(13)25/h3-6,8,22H2,1-2H3. The SMILES string of the molecule is CCOC(=O)c1sc(N)c(C#N)c1COC(=O)c1sc2nc3n(c(=O)c2c1C)CCC3. The first-order valence-electron chi connectivity index (χ1n) is 9.55. The van der Waals surface area contributed by atoms with E-state index in [2.05, 4.69) is 4.98 Å². The largest absolute Gasteiger partial charge is 0.462 e. The zero-order valence-corrected chi connectivity index (χ0v) is 18.4. The highest BCUT2D eigenvalue weighted by Crippen LogP contribution is 2.33. The van der Waals surface area contributed by atoms with Crippen LogP contribution in [0.25, 0.3) is 10.2 Å². The molecule has 31 heavy (non-hydrogen) atoms. The van der Waals surface area contributed by atoms with Gasteiger partial charge >= 0.3 is 11.9 Å². The number of nitrogens with zero attached hydrogens (tertiary/aromatic N) is 3. The lowest BCUT2D eigenvalue weighted by molar-refractivity contribution is 0.0456. The summed E-state index contributed by atoms with van der Waals surface area (Å²) in [5.41, 5.74) is 6.52. The Balaban J connectivity index is 1.65. The summed E-state index contributed by atoms with van der Waals surface area (Å²) < 4.78 is 12.1. The van der Waals surface area contributed by atoms with E-state index in [1.165, 1.54) is 0 Å². The zero-order chi connectivity index (χ0) is 22.3. The molecule has 0 fully saturated rings. The maximum absolute atomic E-state index is 12.8. The maximum atomic E-state index is 12.8. The van der Waals surface area contributed by atoms with Crippen LogP contribution >= 0.6 is 22.7 Å². The van der Waals surface area contributed by atoms with E-state index < -0.39 is 11.9 Å². The van der Waals surface area contributed by atoms with Crippen molar-refractivity contribution in [1.82, 2.24) is 9.55 Å². The highest BCUT2D eigenvalue weighted by atomic mass is 32.1. The molecule has 4 heterocycles. The Bertz CT molecular complexity index is 1330. The van der Waals surface area contributed by atoms with Gasteiger partial charge < -0.3 is 15.2 Å². The molecule has 0 unspecified atom stereocenters. The number of esters is 2. The molecule has 0 atom stereocenters. The molecule has 1 aliphatic heterocycles. The van der Waals surface area contributed by atoms with Gasteiger partial charge in [-0.1, -0.05) is 0 Å². The van der Waals surface area contributed by atoms with Crippen LogP contribution in [0, 0.1) is 18.3 Å². The number of nitrogen functional groups attached to an aromatic ring is 1. The van der Waals surface area contributed by atoms with Crippen LogP contribution in [-0.4, -0.2) is 28.1 Å². The highest BCUT2D eigenvalue weighted by molar-refractivity contribution is 7.20. The number of aromatic nitrogens is 2. The number of rotatable bonds is 5. The number of nitriles is 1. The molecule has 160 valence electrons. The quantitative estimate of drug-likeness (QED) is 0.576. The zero-order valence-electron chi connectivity index (χ0n) is 16.8. The number of carbonyl (C=O) groups excluding carboxylic acids is 2. The van der Waals surface area contributed by atoms with E-state index in [-0.39, 0.29) is 44.7 Å². The highest BCUT2D eigenvalue weighted by Gasteiger charge is 2.27. The van der Waals surface area contributed by atoms with E-state index >= 15 is 0 Å². The molecule has 3 aromatic heterocycles. The predicted molar refractivity (Wildman–Crippen MR) is 115 cm³/mol. The number of aryl methyl sites for hydroxylation is 2. The van der Waals surface area contributed by atoms with Crippen molar-refractivity contribution in [1.29, 1.82) is 5.26 Å². The number of thiophene rings is 2. The van der Waals surface area contributed by atoms with Gasteiger partial charge in [0.25, 0.3) is 5.56 Å². The lowest BCUT2D eigenvalue weighted by atomic mass is 10.1. The number of fused-ring (bicyclic) bond motifs is 2. The number of nitrogens with two attached hydrogens (primary N) is 1. The van der Waals surface area contributed by atoms with Crippen LogP contribution in [0.3, 0.4) is 0 Å². The van der Waals surface area contributed by atoms with E-state index in [0.29, 0.717) is 22.3 Å². The average Bonchev–Trinajstić information content (AvgIpc) is 3.42. The van der Waals surface area contributed by atoms with Crippen LogP contribution in [0.1, 0.15) is 55.2 Å². The van der Waals surface area contributed by atoms with Crippen molar-refractivity contribution in [3.8, 4) is 6.07 Å². The molecule has 3 aromatic rings. The van der Waals surface area contributed by atoms with Crippen molar-refractivity contribution in [2.45, 2.75) is 39.8 Å². The molecule has 2 N–H and O–H groups in total. The summed E-state index contributed by atoms with van der Waals surface area (Å²) in [5.74, 6) is -0.560. The number of hydrogen-bond acceptors (Lipinski definition) is 10. The molecule has 0 saturated carbocycles. The first kappa shape index (κ1) is 21.0. The molecule has 11 heteroatoms. The molecular weight excluding hydrogens is 440 g/mol. The molecule has 0 bridgehead atoms. The fraction of sp³-hybridized carbons (Fsp3) is 0.350. The first-order chi connectivity index (χ1) is 14.9. The summed E-state index contributed by atoms with van der Waals surface area (Å²) in [6.45, 7) is 3.81. The molecule has 0 amide bonds. The Morgan fingerprint density at radius 3 is 2.71 bits per heavy atom. The molecule has 1 aliphatic rings. The molecular formula is C20H18N4O5S2. The Hall–Kier alpha value is -3.23. The van der Waals surface area contributed by atoms with E-state index in [9.17, 15) is 19.6 Å². The topological polar surface area (TPSA) is 137 Å². The number of anilines is 1. The smallest absolute Gasteiger partial charge is 0.349 e. The monoisotopic (exact) mass is 458 g/mol. The van der Waals surface area contributed by atoms with Gasteiger partial charge in [-0.2, -0.15) is 5.26 Å². The molecule has 9 nitrogen and oxygen atoms in total. The Morgan fingerprint density at radius 1 is 1.26 bits per heavy atom. The molecule has 4 rings (SSSR count). The van der Waals surface area contributed by atoms with Gasteiger partial charge in [-0.3, -0.25) is 9.36 Å². The summed E-state index contributed by atoms with van der Waals surface area (Å²) in [6, 6.07) is 1.95. The van der Waals surface area contributed by atoms with Crippen molar-refractivity contribution in [2.75, 3.05) is 12.3 Å². The molecule has 0 aromatic carbocycles. The van der Waals surface area contributed by atoms with E-state index in [1.54, 1.807) is 18.4 Å². The fourth-order valence-electron chi connectivity index (χ4n) is 3.58. The van der Waals surface area contributed by atoms with Crippen LogP contribution in [0.15, 0.2) is 4.79 Å². The minimum atomic E-state index is -0.659. The first-order valence-corrected chi connectivity index (χ1v) is 11.2. The summed E-state index contributed by atoms with van der Waals surface area (Å²) >= 11 is 2.02. The maximum Gasteiger partial charge on any atom is 0.349 e. The summed E-state index contributed by atoms with van der Waals surface area (Å²) in [4.78, 5) is 43.3. The predicted octanol–water partition coefficient (Wildman–Crippen LogP) is 2.76. The normalized spacial score (nSPS) is 12.5. The van der Waals surface area contributed by atoms with Gasteiger partial charge in [0, 0.05) is 18.5 Å². The third-order valence-corrected chi connectivity index (χ3v) is 7.26. The molecule has 0 spiro atoms. The molecule has 0 aliphatic carbocycles. The fourth-order valence-corrected chi connectivity index (χ4v) is 5.58. The van der Waals surface area contributed by atoms with E-state index in [0.717, 1.165) is 41.3 Å². The third-order valence-electron chi connectivity index (χ3n) is 5.05. The van der Waals surface area contributed by atoms with Gasteiger partial charge in [-0.05, 0) is 25.8 Å². The lowest BCUT2D eigenvalue weighted by Gasteiger charge is -2.06. The van der Waals surface area contributed by atoms with Gasteiger partial charge in [0.15, 0.2) is 0 Å². The number of carbonyl (C=O) groups is 2. The van der Waals surface area contributed by atoms with Crippen molar-refractivity contribution < 1.29 is 19.1 Å². The lowest BCUT2D eigenvalue weighted by Crippen LogP contribution is -2.20. The van der Waals surface area contributed by atoms with Gasteiger partial charge in [-0.15, -0.1) is 22.7 Å². The second-order valence-corrected chi connectivity index (χ2v) is 8.93. The van der Waals surface area contributed by atoms with Crippen LogP contribution < -0.4 is 11.3 Å². The van der Waals surface area contributed by atoms with Crippen LogP contribution in [0.4, 0.5) is 5.00 Å². The molecule has 0 radical (unpaired) electrons. The van der Waals surface area contributed by atoms with E-state index in [4.69, 9.17) is 15.2 Å². The summed E-state index contributed by atoms with van der Waals surface area (Å²) in [7, 11) is 0. The summed E-state index contributed by atoms with van der Waals surface area (Å²) in [6.07, 6.45) is 1.61. The van der Waals surface area contributed by atoms with Crippen molar-refractivity contribution >= 4 is 49.8 Å². The van der Waals surface area contributed by atoms with Crippen molar-refractivity contribution in [3.05, 3.63) is 42.6 Å². The minimum Gasteiger partial charge on any atom is -0.462 e. The Morgan fingerprint density at radius 2 is 2.00 bits per heavy atom. The average molecular weight is 459 g/mol. The van der Waals surface area contributed by atoms with E-state index in [1.807, 2.05) is 6.07 Å². The second kappa shape index (κ2) is 8.13. The van der Waals surface area contributed by atoms with Crippen molar-refractivity contribution in [2.24, 2.45) is 0 Å². The van der Waals surface area contributed by atoms with Gasteiger partial charge in [-0.25, -0.2) is 14.6 Å². The van der Waals surface area contributed by atoms with Gasteiger partial charge in [0.2, 0.25) is 0 Å². The number of ether oxygens (including phenoxy) is 2. The Kier molecular flexibility index (Phi) is 5.51. The van der Waals surface area contributed by atoms with Crippen LogP contribution in [0.5, 0.6) is 0 Å². The minimum absolute atomic E-state index is 0.0882.